The van der Waals surface area contributed by atoms with E-state index >= 15 is 0 Å². The van der Waals surface area contributed by atoms with Gasteiger partial charge < -0.3 is 5.32 Å². The second-order valence-electron chi connectivity index (χ2n) is 5.49. The predicted octanol–water partition coefficient (Wildman–Crippen LogP) is 5.75. The van der Waals surface area contributed by atoms with Crippen molar-refractivity contribution in [1.29, 1.82) is 5.26 Å². The summed E-state index contributed by atoms with van der Waals surface area (Å²) in [6.45, 7) is 1.53. The lowest BCUT2D eigenvalue weighted by Gasteiger charge is -2.02. The zero-order chi connectivity index (χ0) is 18.5. The minimum absolute atomic E-state index is 0.0214. The Balaban J connectivity index is 1.78. The van der Waals surface area contributed by atoms with E-state index in [1.165, 1.54) is 18.3 Å². The summed E-state index contributed by atoms with van der Waals surface area (Å²) < 4.78 is 1.01. The molecular weight excluding hydrogens is 410 g/mol. The van der Waals surface area contributed by atoms with Gasteiger partial charge in [-0.2, -0.15) is 5.26 Å². The lowest BCUT2D eigenvalue weighted by Crippen LogP contribution is -1.94. The molecule has 0 aliphatic rings. The molecule has 0 aliphatic carbocycles. The number of ketones is 1. The second-order valence-corrected chi connectivity index (χ2v) is 7.27. The Kier molecular flexibility index (Phi) is 5.61. The highest BCUT2D eigenvalue weighted by molar-refractivity contribution is 9.10. The van der Waals surface area contributed by atoms with Crippen LogP contribution in [0.1, 0.15) is 22.3 Å². The highest BCUT2D eigenvalue weighted by Gasteiger charge is 2.09. The number of rotatable bonds is 5. The summed E-state index contributed by atoms with van der Waals surface area (Å²) in [7, 11) is 0. The number of halogens is 1. The Morgan fingerprint density at radius 3 is 2.50 bits per heavy atom. The first kappa shape index (κ1) is 18.1. The van der Waals surface area contributed by atoms with Crippen LogP contribution in [0.5, 0.6) is 0 Å². The fourth-order valence-corrected chi connectivity index (χ4v) is 3.31. The predicted molar refractivity (Wildman–Crippen MR) is 109 cm³/mol. The fourth-order valence-electron chi connectivity index (χ4n) is 2.25. The Morgan fingerprint density at radius 1 is 1.19 bits per heavy atom. The number of Topliss-reactive ketones (excluding diaryl/α,β-unsaturated/α-hetero) is 1. The number of benzene rings is 2. The van der Waals surface area contributed by atoms with Gasteiger partial charge in [0.25, 0.3) is 0 Å². The number of aromatic nitrogens is 1. The summed E-state index contributed by atoms with van der Waals surface area (Å²) in [5, 5.41) is 15.1. The van der Waals surface area contributed by atoms with Crippen LogP contribution in [0.2, 0.25) is 0 Å². The molecule has 128 valence electrons. The smallest absolute Gasteiger partial charge is 0.159 e. The van der Waals surface area contributed by atoms with Crippen LogP contribution in [0.25, 0.3) is 16.8 Å². The molecule has 0 aliphatic heterocycles. The highest BCUT2D eigenvalue weighted by atomic mass is 79.9. The monoisotopic (exact) mass is 423 g/mol. The van der Waals surface area contributed by atoms with E-state index in [9.17, 15) is 10.1 Å². The van der Waals surface area contributed by atoms with Gasteiger partial charge in [0.1, 0.15) is 16.6 Å². The highest BCUT2D eigenvalue weighted by Crippen LogP contribution is 2.27. The number of thiazole rings is 1. The molecule has 0 amide bonds. The van der Waals surface area contributed by atoms with E-state index in [2.05, 4.69) is 32.3 Å². The van der Waals surface area contributed by atoms with Crippen LogP contribution in [0.15, 0.2) is 64.6 Å². The maximum absolute atomic E-state index is 11.3. The van der Waals surface area contributed by atoms with Crippen molar-refractivity contribution in [1.82, 2.24) is 4.98 Å². The number of nitrogens with zero attached hydrogens (tertiary/aromatic N) is 2. The van der Waals surface area contributed by atoms with Crippen molar-refractivity contribution < 1.29 is 4.79 Å². The van der Waals surface area contributed by atoms with E-state index in [-0.39, 0.29) is 5.78 Å². The molecule has 0 radical (unpaired) electrons. The van der Waals surface area contributed by atoms with Gasteiger partial charge in [-0.1, -0.05) is 28.1 Å². The van der Waals surface area contributed by atoms with E-state index in [1.807, 2.05) is 29.6 Å². The van der Waals surface area contributed by atoms with E-state index in [0.717, 1.165) is 21.4 Å². The van der Waals surface area contributed by atoms with E-state index in [0.29, 0.717) is 16.1 Å². The molecule has 26 heavy (non-hydrogen) atoms. The van der Waals surface area contributed by atoms with E-state index in [4.69, 9.17) is 0 Å². The van der Waals surface area contributed by atoms with Crippen LogP contribution in [0.4, 0.5) is 5.69 Å². The number of nitrogens with one attached hydrogen (secondary N) is 1. The Bertz CT molecular complexity index is 999. The first-order chi connectivity index (χ1) is 12.6. The molecule has 0 bridgehead atoms. The van der Waals surface area contributed by atoms with Crippen molar-refractivity contribution in [2.75, 3.05) is 5.32 Å². The Hall–Kier alpha value is -2.75. The van der Waals surface area contributed by atoms with Gasteiger partial charge in [0, 0.05) is 32.9 Å². The largest absolute Gasteiger partial charge is 0.360 e. The van der Waals surface area contributed by atoms with Crippen molar-refractivity contribution in [2.24, 2.45) is 0 Å². The van der Waals surface area contributed by atoms with Gasteiger partial charge in [-0.15, -0.1) is 11.3 Å². The third-order valence-corrected chi connectivity index (χ3v) is 5.07. The Morgan fingerprint density at radius 2 is 1.88 bits per heavy atom. The minimum Gasteiger partial charge on any atom is -0.360 e. The molecule has 0 unspecified atom stereocenters. The number of allylic oxidation sites excluding steroid dienone is 1. The summed E-state index contributed by atoms with van der Waals surface area (Å²) in [5.74, 6) is 0.0214. The molecule has 0 fully saturated rings. The van der Waals surface area contributed by atoms with Crippen LogP contribution < -0.4 is 5.32 Å². The minimum atomic E-state index is 0.0214. The molecule has 3 rings (SSSR count). The van der Waals surface area contributed by atoms with Crippen LogP contribution in [-0.4, -0.2) is 10.8 Å². The Labute approximate surface area is 164 Å². The second kappa shape index (κ2) is 8.09. The molecule has 1 N–H and O–H groups in total. The number of carbonyl (C=O) groups excluding carboxylic acids is 1. The third kappa shape index (κ3) is 4.26. The molecular formula is C20H14BrN3OS. The van der Waals surface area contributed by atoms with Gasteiger partial charge in [-0.3, -0.25) is 4.79 Å². The van der Waals surface area contributed by atoms with Crippen LogP contribution in [0, 0.1) is 11.3 Å². The first-order valence-electron chi connectivity index (χ1n) is 7.76. The van der Waals surface area contributed by atoms with Crippen molar-refractivity contribution >= 4 is 44.3 Å². The molecule has 0 saturated carbocycles. The first-order valence-corrected chi connectivity index (χ1v) is 9.44. The SMILES string of the molecule is CC(=O)c1ccc(N/C=C(\C#N)c2nc(-c3ccc(Br)cc3)cs2)cc1. The van der Waals surface area contributed by atoms with Crippen molar-refractivity contribution in [3.8, 4) is 17.3 Å². The van der Waals surface area contributed by atoms with E-state index in [1.54, 1.807) is 30.5 Å². The average molecular weight is 424 g/mol. The summed E-state index contributed by atoms with van der Waals surface area (Å²) in [5.41, 5.74) is 3.74. The summed E-state index contributed by atoms with van der Waals surface area (Å²) in [6, 6.07) is 17.2. The molecule has 6 heteroatoms. The zero-order valence-electron chi connectivity index (χ0n) is 13.9. The van der Waals surface area contributed by atoms with Crippen LogP contribution in [-0.2, 0) is 0 Å². The van der Waals surface area contributed by atoms with Gasteiger partial charge in [-0.25, -0.2) is 4.98 Å². The van der Waals surface area contributed by atoms with Gasteiger partial charge in [0.2, 0.25) is 0 Å². The lowest BCUT2D eigenvalue weighted by molar-refractivity contribution is 0.101. The standard InChI is InChI=1S/C20H14BrN3OS/c1-13(25)14-4-8-18(9-5-14)23-11-16(10-22)20-24-19(12-26-20)15-2-6-17(21)7-3-15/h2-9,11-12,23H,1H3/b16-11+. The van der Waals surface area contributed by atoms with E-state index < -0.39 is 0 Å². The van der Waals surface area contributed by atoms with Gasteiger partial charge >= 0.3 is 0 Å². The maximum Gasteiger partial charge on any atom is 0.159 e. The van der Waals surface area contributed by atoms with Crippen molar-refractivity contribution in [3.63, 3.8) is 0 Å². The van der Waals surface area contributed by atoms with Gasteiger partial charge in [0.05, 0.1) is 5.69 Å². The quantitative estimate of drug-likeness (QED) is 0.418. The van der Waals surface area contributed by atoms with Gasteiger partial charge in [0.15, 0.2) is 5.78 Å². The summed E-state index contributed by atoms with van der Waals surface area (Å²) >= 11 is 4.84. The number of nitriles is 1. The number of hydrogen-bond donors (Lipinski definition) is 1. The number of hydrogen-bond acceptors (Lipinski definition) is 5. The topological polar surface area (TPSA) is 65.8 Å². The molecule has 1 aromatic heterocycles. The molecule has 2 aromatic carbocycles. The number of carbonyl (C=O) groups is 1. The lowest BCUT2D eigenvalue weighted by atomic mass is 10.1. The summed E-state index contributed by atoms with van der Waals surface area (Å²) in [4.78, 5) is 15.9. The summed E-state index contributed by atoms with van der Waals surface area (Å²) in [6.07, 6.45) is 1.63. The van der Waals surface area contributed by atoms with Crippen LogP contribution in [0.3, 0.4) is 0 Å². The van der Waals surface area contributed by atoms with Gasteiger partial charge in [-0.05, 0) is 43.3 Å². The third-order valence-electron chi connectivity index (χ3n) is 3.67. The normalized spacial score (nSPS) is 11.0. The molecule has 0 spiro atoms. The average Bonchev–Trinajstić information content (AvgIpc) is 3.13. The molecule has 0 atom stereocenters. The molecule has 3 aromatic rings. The maximum atomic E-state index is 11.3. The number of anilines is 1. The van der Waals surface area contributed by atoms with Crippen molar-refractivity contribution in [3.05, 3.63) is 75.2 Å². The molecule has 4 nitrogen and oxygen atoms in total. The molecule has 1 heterocycles. The zero-order valence-corrected chi connectivity index (χ0v) is 16.3. The van der Waals surface area contributed by atoms with Crippen molar-refractivity contribution in [2.45, 2.75) is 6.92 Å². The van der Waals surface area contributed by atoms with Crippen LogP contribution >= 0.6 is 27.3 Å². The fraction of sp³-hybridized carbons (Fsp3) is 0.0500. The molecule has 0 saturated heterocycles.